The Bertz CT molecular complexity index is 3580. The summed E-state index contributed by atoms with van der Waals surface area (Å²) in [7, 11) is 0. The number of rotatable bonds is 7. The Morgan fingerprint density at radius 3 is 1.49 bits per heavy atom. The number of para-hydroxylation sites is 3. The smallest absolute Gasteiger partial charge is 0.136 e. The molecule has 61 heavy (non-hydrogen) atoms. The lowest BCUT2D eigenvalue weighted by atomic mass is 9.96. The van der Waals surface area contributed by atoms with Crippen molar-refractivity contribution in [1.29, 1.82) is 0 Å². The molecule has 0 saturated heterocycles. The molecule has 12 aromatic rings. The summed E-state index contributed by atoms with van der Waals surface area (Å²) < 4.78 is 12.5. The lowest BCUT2D eigenvalue weighted by Gasteiger charge is -2.28. The van der Waals surface area contributed by atoms with Gasteiger partial charge in [0.25, 0.3) is 0 Å². The SMILES string of the molecule is c1ccc(N(c2ccc(-c3ccc(-c4ccc5ccccc5c4)cc3)cc2)c2ccc(-c3ccc4oc5ccccc5c4c3)cc2)c(-c2cccc3oc4ccccc4c23)c1. The zero-order valence-electron chi connectivity index (χ0n) is 33.1. The van der Waals surface area contributed by atoms with Crippen LogP contribution in [0.25, 0.3) is 99.2 Å². The average molecular weight is 780 g/mol. The number of nitrogens with zero attached hydrogens (tertiary/aromatic N) is 1. The van der Waals surface area contributed by atoms with Gasteiger partial charge in [-0.2, -0.15) is 0 Å². The van der Waals surface area contributed by atoms with Crippen LogP contribution in [0.1, 0.15) is 0 Å². The van der Waals surface area contributed by atoms with Crippen molar-refractivity contribution in [2.45, 2.75) is 0 Å². The Hall–Kier alpha value is -8.14. The largest absolute Gasteiger partial charge is 0.456 e. The van der Waals surface area contributed by atoms with E-state index in [2.05, 4.69) is 205 Å². The monoisotopic (exact) mass is 779 g/mol. The summed E-state index contributed by atoms with van der Waals surface area (Å²) in [4.78, 5) is 2.37. The summed E-state index contributed by atoms with van der Waals surface area (Å²) in [6, 6.07) is 80.1. The van der Waals surface area contributed by atoms with E-state index >= 15 is 0 Å². The highest BCUT2D eigenvalue weighted by molar-refractivity contribution is 6.14. The van der Waals surface area contributed by atoms with Gasteiger partial charge in [-0.3, -0.25) is 0 Å². The Morgan fingerprint density at radius 2 is 0.754 bits per heavy atom. The number of benzene rings is 10. The van der Waals surface area contributed by atoms with Crippen LogP contribution in [0.15, 0.2) is 233 Å². The number of anilines is 3. The molecule has 12 rings (SSSR count). The molecule has 10 aromatic carbocycles. The number of furan rings is 2. The Balaban J connectivity index is 0.951. The van der Waals surface area contributed by atoms with Crippen LogP contribution in [-0.4, -0.2) is 0 Å². The van der Waals surface area contributed by atoms with Crippen LogP contribution < -0.4 is 4.90 Å². The quantitative estimate of drug-likeness (QED) is 0.161. The van der Waals surface area contributed by atoms with E-state index in [4.69, 9.17) is 8.83 Å². The van der Waals surface area contributed by atoms with Gasteiger partial charge in [0.2, 0.25) is 0 Å². The van der Waals surface area contributed by atoms with Crippen LogP contribution in [0, 0.1) is 0 Å². The average Bonchev–Trinajstić information content (AvgIpc) is 3.91. The standard InChI is InChI=1S/C58H37NO2/c1-2-11-43-36-44(25-24-38(43)10-1)41-22-20-39(21-23-41)40-26-31-46(32-27-40)59(47-33-28-42(29-34-47)45-30-35-56-52(37-45)49-13-4-7-17-54(49)60-56)53-16-6-3-12-48(53)50-15-9-19-57-58(50)51-14-5-8-18-55(51)61-57/h1-37H. The molecule has 0 N–H and O–H groups in total. The fourth-order valence-electron chi connectivity index (χ4n) is 9.06. The molecule has 0 amide bonds. The van der Waals surface area contributed by atoms with Crippen LogP contribution in [0.4, 0.5) is 17.1 Å². The molecule has 0 fully saturated rings. The van der Waals surface area contributed by atoms with Crippen LogP contribution in [-0.2, 0) is 0 Å². The van der Waals surface area contributed by atoms with Gasteiger partial charge in [-0.1, -0.05) is 158 Å². The molecule has 0 unspecified atom stereocenters. The number of fused-ring (bicyclic) bond motifs is 7. The van der Waals surface area contributed by atoms with Gasteiger partial charge in [0.05, 0.1) is 5.69 Å². The molecule has 0 aliphatic carbocycles. The summed E-state index contributed by atoms with van der Waals surface area (Å²) in [5.41, 5.74) is 16.1. The minimum absolute atomic E-state index is 0.878. The highest BCUT2D eigenvalue weighted by atomic mass is 16.3. The molecule has 0 spiro atoms. The lowest BCUT2D eigenvalue weighted by molar-refractivity contribution is 0.668. The molecule has 0 aliphatic rings. The number of hydrogen-bond donors (Lipinski definition) is 0. The van der Waals surface area contributed by atoms with Crippen molar-refractivity contribution in [3.8, 4) is 44.5 Å². The van der Waals surface area contributed by atoms with E-state index in [0.717, 1.165) is 88.8 Å². The van der Waals surface area contributed by atoms with Crippen LogP contribution in [0.5, 0.6) is 0 Å². The van der Waals surface area contributed by atoms with Gasteiger partial charge in [0, 0.05) is 38.5 Å². The zero-order chi connectivity index (χ0) is 40.3. The van der Waals surface area contributed by atoms with Crippen molar-refractivity contribution in [3.05, 3.63) is 224 Å². The molecule has 0 saturated carbocycles. The Kier molecular flexibility index (Phi) is 8.17. The van der Waals surface area contributed by atoms with Crippen molar-refractivity contribution in [1.82, 2.24) is 0 Å². The molecule has 0 aliphatic heterocycles. The normalized spacial score (nSPS) is 11.6. The molecular weight excluding hydrogens is 743 g/mol. The second kappa shape index (κ2) is 14.3. The second-order valence-corrected chi connectivity index (χ2v) is 15.7. The third-order valence-electron chi connectivity index (χ3n) is 12.1. The van der Waals surface area contributed by atoms with E-state index < -0.39 is 0 Å². The molecule has 0 bridgehead atoms. The van der Waals surface area contributed by atoms with Crippen molar-refractivity contribution >= 4 is 71.7 Å². The van der Waals surface area contributed by atoms with Gasteiger partial charge < -0.3 is 13.7 Å². The van der Waals surface area contributed by atoms with E-state index in [9.17, 15) is 0 Å². The maximum absolute atomic E-state index is 6.37. The third-order valence-corrected chi connectivity index (χ3v) is 12.1. The van der Waals surface area contributed by atoms with Crippen LogP contribution in [0.3, 0.4) is 0 Å². The van der Waals surface area contributed by atoms with Crippen molar-refractivity contribution in [2.24, 2.45) is 0 Å². The van der Waals surface area contributed by atoms with E-state index in [1.165, 1.54) is 27.5 Å². The first-order valence-electron chi connectivity index (χ1n) is 20.7. The van der Waals surface area contributed by atoms with E-state index in [-0.39, 0.29) is 0 Å². The first-order valence-corrected chi connectivity index (χ1v) is 20.7. The van der Waals surface area contributed by atoms with Gasteiger partial charge in [-0.05, 0) is 116 Å². The summed E-state index contributed by atoms with van der Waals surface area (Å²) in [5.74, 6) is 0. The maximum atomic E-state index is 6.37. The summed E-state index contributed by atoms with van der Waals surface area (Å²) in [6.07, 6.45) is 0. The van der Waals surface area contributed by atoms with Crippen LogP contribution in [0.2, 0.25) is 0 Å². The highest BCUT2D eigenvalue weighted by Gasteiger charge is 2.21. The van der Waals surface area contributed by atoms with Crippen molar-refractivity contribution in [2.75, 3.05) is 4.90 Å². The van der Waals surface area contributed by atoms with Gasteiger partial charge in [0.15, 0.2) is 0 Å². The molecular formula is C58H37NO2. The molecule has 3 heteroatoms. The second-order valence-electron chi connectivity index (χ2n) is 15.7. The van der Waals surface area contributed by atoms with Gasteiger partial charge in [-0.25, -0.2) is 0 Å². The predicted octanol–water partition coefficient (Wildman–Crippen LogP) is 16.8. The molecule has 286 valence electrons. The zero-order valence-corrected chi connectivity index (χ0v) is 33.1. The summed E-state index contributed by atoms with van der Waals surface area (Å²) in [6.45, 7) is 0. The van der Waals surface area contributed by atoms with E-state index in [0.29, 0.717) is 0 Å². The molecule has 0 atom stereocenters. The van der Waals surface area contributed by atoms with Crippen molar-refractivity contribution in [3.63, 3.8) is 0 Å². The van der Waals surface area contributed by atoms with E-state index in [1.807, 2.05) is 24.3 Å². The van der Waals surface area contributed by atoms with Gasteiger partial charge in [0.1, 0.15) is 22.3 Å². The fraction of sp³-hybridized carbons (Fsp3) is 0. The number of hydrogen-bond acceptors (Lipinski definition) is 3. The fourth-order valence-corrected chi connectivity index (χ4v) is 9.06. The summed E-state index contributed by atoms with van der Waals surface area (Å²) in [5, 5.41) is 6.98. The molecule has 3 nitrogen and oxygen atoms in total. The van der Waals surface area contributed by atoms with Gasteiger partial charge in [-0.15, -0.1) is 0 Å². The first kappa shape index (κ1) is 34.9. The third kappa shape index (κ3) is 6.06. The lowest BCUT2D eigenvalue weighted by Crippen LogP contribution is -2.11. The highest BCUT2D eigenvalue weighted by Crippen LogP contribution is 2.45. The molecule has 2 heterocycles. The Morgan fingerprint density at radius 1 is 0.279 bits per heavy atom. The molecule has 0 radical (unpaired) electrons. The maximum Gasteiger partial charge on any atom is 0.136 e. The topological polar surface area (TPSA) is 29.5 Å². The summed E-state index contributed by atoms with van der Waals surface area (Å²) >= 11 is 0. The molecule has 2 aromatic heterocycles. The minimum atomic E-state index is 0.878. The predicted molar refractivity (Wildman–Crippen MR) is 255 cm³/mol. The minimum Gasteiger partial charge on any atom is -0.456 e. The van der Waals surface area contributed by atoms with Crippen molar-refractivity contribution < 1.29 is 8.83 Å². The Labute approximate surface area is 353 Å². The van der Waals surface area contributed by atoms with E-state index in [1.54, 1.807) is 0 Å². The first-order chi connectivity index (χ1) is 30.2. The van der Waals surface area contributed by atoms with Gasteiger partial charge >= 0.3 is 0 Å². The van der Waals surface area contributed by atoms with Crippen LogP contribution >= 0.6 is 0 Å².